The Kier molecular flexibility index (Phi) is 4.13. The molecule has 0 aromatic carbocycles. The quantitative estimate of drug-likeness (QED) is 0.380. The van der Waals surface area contributed by atoms with Crippen LogP contribution >= 0.6 is 11.8 Å². The van der Waals surface area contributed by atoms with Crippen LogP contribution in [-0.4, -0.2) is 40.5 Å². The summed E-state index contributed by atoms with van der Waals surface area (Å²) < 4.78 is 0. The Morgan fingerprint density at radius 2 is 2.29 bits per heavy atom. The van der Waals surface area contributed by atoms with Crippen LogP contribution in [0.4, 0.5) is 0 Å². The summed E-state index contributed by atoms with van der Waals surface area (Å²) >= 11 is 1.40. The third kappa shape index (κ3) is 2.35. The summed E-state index contributed by atoms with van der Waals surface area (Å²) in [5, 5.41) is -0.262. The molecule has 0 spiro atoms. The molecule has 0 saturated carbocycles. The van der Waals surface area contributed by atoms with E-state index in [1.807, 2.05) is 0 Å². The van der Waals surface area contributed by atoms with Crippen LogP contribution in [0.15, 0.2) is 0 Å². The second-order valence-electron chi connectivity index (χ2n) is 3.00. The van der Waals surface area contributed by atoms with Crippen LogP contribution in [0.25, 0.3) is 0 Å². The lowest BCUT2D eigenvalue weighted by Crippen LogP contribution is -2.30. The molecule has 1 rings (SSSR count). The van der Waals surface area contributed by atoms with Gasteiger partial charge in [-0.25, -0.2) is 0 Å². The lowest BCUT2D eigenvalue weighted by Gasteiger charge is -2.10. The van der Waals surface area contributed by atoms with Crippen LogP contribution in [0.5, 0.6) is 0 Å². The van der Waals surface area contributed by atoms with Crippen LogP contribution in [0.3, 0.4) is 0 Å². The number of rotatable bonds is 5. The van der Waals surface area contributed by atoms with Crippen molar-refractivity contribution in [2.45, 2.75) is 25.0 Å². The van der Waals surface area contributed by atoms with Gasteiger partial charge in [-0.15, -0.1) is 11.8 Å². The van der Waals surface area contributed by atoms with E-state index in [-0.39, 0.29) is 23.5 Å². The number of nitrogens with zero attached hydrogens (tertiary/aromatic N) is 1. The van der Waals surface area contributed by atoms with E-state index < -0.39 is 0 Å². The van der Waals surface area contributed by atoms with E-state index in [0.29, 0.717) is 18.7 Å². The van der Waals surface area contributed by atoms with Crippen molar-refractivity contribution in [2.75, 3.05) is 12.3 Å². The average Bonchev–Trinajstić information content (AvgIpc) is 2.42. The zero-order valence-corrected chi connectivity index (χ0v) is 8.88. The largest absolute Gasteiger partial charge is 0.303 e. The molecule has 5 heteroatoms. The lowest BCUT2D eigenvalue weighted by atomic mass is 10.4. The second kappa shape index (κ2) is 5.14. The van der Waals surface area contributed by atoms with E-state index in [4.69, 9.17) is 0 Å². The fraction of sp³-hybridized carbons (Fsp3) is 0.667. The Hall–Kier alpha value is -0.840. The molecule has 1 unspecified atom stereocenters. The summed E-state index contributed by atoms with van der Waals surface area (Å²) in [5.74, 6) is 0.416. The predicted octanol–water partition coefficient (Wildman–Crippen LogP) is 0.456. The van der Waals surface area contributed by atoms with Gasteiger partial charge in [-0.05, 0) is 6.92 Å². The van der Waals surface area contributed by atoms with Crippen LogP contribution in [0, 0.1) is 0 Å². The second-order valence-corrected chi connectivity index (χ2v) is 4.31. The van der Waals surface area contributed by atoms with Gasteiger partial charge in [-0.3, -0.25) is 14.5 Å². The molecule has 4 nitrogen and oxygen atoms in total. The Balaban J connectivity index is 2.45. The van der Waals surface area contributed by atoms with Gasteiger partial charge in [0.2, 0.25) is 11.8 Å². The molecule has 0 aromatic rings. The average molecular weight is 215 g/mol. The van der Waals surface area contributed by atoms with Gasteiger partial charge in [0.25, 0.3) is 0 Å². The van der Waals surface area contributed by atoms with Gasteiger partial charge in [0.1, 0.15) is 6.29 Å². The summed E-state index contributed by atoms with van der Waals surface area (Å²) in [6, 6.07) is 0. The van der Waals surface area contributed by atoms with Crippen molar-refractivity contribution in [1.82, 2.24) is 4.90 Å². The monoisotopic (exact) mass is 215 g/mol. The Morgan fingerprint density at radius 3 is 2.79 bits per heavy atom. The van der Waals surface area contributed by atoms with Crippen molar-refractivity contribution < 1.29 is 14.4 Å². The minimum Gasteiger partial charge on any atom is -0.303 e. The number of likely N-dealkylation sites (tertiary alicyclic amines) is 1. The number of carbonyl (C=O) groups is 3. The number of imide groups is 1. The highest BCUT2D eigenvalue weighted by atomic mass is 32.2. The van der Waals surface area contributed by atoms with Gasteiger partial charge in [-0.1, -0.05) is 0 Å². The van der Waals surface area contributed by atoms with E-state index >= 15 is 0 Å². The van der Waals surface area contributed by atoms with Crippen molar-refractivity contribution >= 4 is 29.9 Å². The zero-order chi connectivity index (χ0) is 10.6. The highest BCUT2D eigenvalue weighted by molar-refractivity contribution is 8.00. The van der Waals surface area contributed by atoms with Crippen LogP contribution in [0.2, 0.25) is 0 Å². The maximum Gasteiger partial charge on any atom is 0.242 e. The highest BCUT2D eigenvalue weighted by Crippen LogP contribution is 2.24. The minimum absolute atomic E-state index is 0.0962. The maximum absolute atomic E-state index is 11.5. The molecular formula is C9H13NO3S. The summed E-state index contributed by atoms with van der Waals surface area (Å²) in [6.45, 7) is 2.23. The first kappa shape index (κ1) is 11.2. The van der Waals surface area contributed by atoms with E-state index in [9.17, 15) is 14.4 Å². The Labute approximate surface area is 87.0 Å². The smallest absolute Gasteiger partial charge is 0.242 e. The number of thioether (sulfide) groups is 1. The molecule has 0 aromatic heterocycles. The zero-order valence-electron chi connectivity index (χ0n) is 8.06. The molecule has 78 valence electrons. The van der Waals surface area contributed by atoms with Gasteiger partial charge in [0.05, 0.1) is 5.25 Å². The molecule has 1 aliphatic heterocycles. The number of hydrogen-bond donors (Lipinski definition) is 0. The number of hydrogen-bond acceptors (Lipinski definition) is 4. The molecular weight excluding hydrogens is 202 g/mol. The highest BCUT2D eigenvalue weighted by Gasteiger charge is 2.37. The molecule has 1 saturated heterocycles. The lowest BCUT2D eigenvalue weighted by molar-refractivity contribution is -0.137. The summed E-state index contributed by atoms with van der Waals surface area (Å²) in [7, 11) is 0. The minimum atomic E-state index is -0.262. The topological polar surface area (TPSA) is 54.5 Å². The predicted molar refractivity (Wildman–Crippen MR) is 53.9 cm³/mol. The number of carbonyl (C=O) groups excluding carboxylic acids is 3. The van der Waals surface area contributed by atoms with Crippen LogP contribution < -0.4 is 0 Å². The fourth-order valence-corrected chi connectivity index (χ4v) is 2.42. The van der Waals surface area contributed by atoms with Gasteiger partial charge < -0.3 is 4.79 Å². The molecule has 14 heavy (non-hydrogen) atoms. The number of amides is 2. The van der Waals surface area contributed by atoms with Crippen LogP contribution in [-0.2, 0) is 14.4 Å². The van der Waals surface area contributed by atoms with Gasteiger partial charge in [0.15, 0.2) is 0 Å². The van der Waals surface area contributed by atoms with E-state index in [2.05, 4.69) is 0 Å². The van der Waals surface area contributed by atoms with Gasteiger partial charge in [-0.2, -0.15) is 0 Å². The molecule has 1 heterocycles. The normalized spacial score (nSPS) is 21.8. The molecule has 0 bridgehead atoms. The van der Waals surface area contributed by atoms with Gasteiger partial charge >= 0.3 is 0 Å². The van der Waals surface area contributed by atoms with E-state index in [1.54, 1.807) is 6.92 Å². The first-order valence-electron chi connectivity index (χ1n) is 4.60. The van der Waals surface area contributed by atoms with Crippen molar-refractivity contribution in [3.05, 3.63) is 0 Å². The molecule has 0 radical (unpaired) electrons. The van der Waals surface area contributed by atoms with Crippen molar-refractivity contribution in [3.63, 3.8) is 0 Å². The van der Waals surface area contributed by atoms with Crippen molar-refractivity contribution in [3.8, 4) is 0 Å². The molecule has 0 aliphatic carbocycles. The third-order valence-corrected chi connectivity index (χ3v) is 3.32. The van der Waals surface area contributed by atoms with Crippen LogP contribution in [0.1, 0.15) is 19.8 Å². The molecule has 0 N–H and O–H groups in total. The van der Waals surface area contributed by atoms with Gasteiger partial charge in [0, 0.05) is 25.1 Å². The molecule has 1 atom stereocenters. The summed E-state index contributed by atoms with van der Waals surface area (Å²) in [5.41, 5.74) is 0. The fourth-order valence-electron chi connectivity index (χ4n) is 1.37. The summed E-state index contributed by atoms with van der Waals surface area (Å²) in [4.78, 5) is 34.2. The van der Waals surface area contributed by atoms with Crippen molar-refractivity contribution in [1.29, 1.82) is 0 Å². The third-order valence-electron chi connectivity index (χ3n) is 2.07. The first-order chi connectivity index (χ1) is 6.70. The van der Waals surface area contributed by atoms with E-state index in [1.165, 1.54) is 16.7 Å². The molecule has 1 fully saturated rings. The van der Waals surface area contributed by atoms with E-state index in [0.717, 1.165) is 6.29 Å². The summed E-state index contributed by atoms with van der Waals surface area (Å²) in [6.07, 6.45) is 1.55. The first-order valence-corrected chi connectivity index (χ1v) is 5.65. The maximum atomic E-state index is 11.5. The number of aldehydes is 1. The Morgan fingerprint density at radius 1 is 1.57 bits per heavy atom. The molecule has 2 amide bonds. The standard InChI is InChI=1S/C9H13NO3S/c1-2-10-8(12)6-7(9(10)13)14-5-3-4-11/h4,7H,2-3,5-6H2,1H3. The SMILES string of the molecule is CCN1C(=O)CC(SCCC=O)C1=O. The molecule has 1 aliphatic rings. The Bertz CT molecular complexity index is 254. The van der Waals surface area contributed by atoms with Crippen molar-refractivity contribution in [2.24, 2.45) is 0 Å².